The summed E-state index contributed by atoms with van der Waals surface area (Å²) in [7, 11) is 3.58. The maximum atomic E-state index is 4.83. The van der Waals surface area contributed by atoms with Crippen molar-refractivity contribution in [1.29, 1.82) is 0 Å². The molecular weight excluding hydrogens is 300 g/mol. The van der Waals surface area contributed by atoms with Crippen molar-refractivity contribution in [1.82, 2.24) is 9.78 Å². The van der Waals surface area contributed by atoms with Gasteiger partial charge in [0.05, 0.1) is 0 Å². The lowest BCUT2D eigenvalue weighted by atomic mass is 9.99. The summed E-state index contributed by atoms with van der Waals surface area (Å²) in [5.74, 6) is 1.10. The van der Waals surface area contributed by atoms with Crippen molar-refractivity contribution in [2.75, 3.05) is 18.6 Å². The van der Waals surface area contributed by atoms with Gasteiger partial charge in [-0.2, -0.15) is 5.10 Å². The Morgan fingerprint density at radius 3 is 2.62 bits per heavy atom. The topological polar surface area (TPSA) is 42.7 Å². The minimum atomic E-state index is 0.742. The van der Waals surface area contributed by atoms with Gasteiger partial charge in [-0.05, 0) is 44.7 Å². The number of hydrogen-bond acceptors (Lipinski definition) is 4. The van der Waals surface area contributed by atoms with Crippen molar-refractivity contribution in [2.45, 2.75) is 40.0 Å². The average molecular weight is 326 g/mol. The second-order valence-electron chi connectivity index (χ2n) is 6.55. The van der Waals surface area contributed by atoms with Crippen molar-refractivity contribution in [3.8, 4) is 0 Å². The molecule has 0 saturated heterocycles. The van der Waals surface area contributed by atoms with Crippen LogP contribution in [0.1, 0.15) is 34.4 Å². The lowest BCUT2D eigenvalue weighted by Crippen LogP contribution is -2.26. The van der Waals surface area contributed by atoms with E-state index >= 15 is 0 Å². The van der Waals surface area contributed by atoms with E-state index in [1.165, 1.54) is 33.6 Å². The van der Waals surface area contributed by atoms with Crippen LogP contribution in [0.3, 0.4) is 0 Å². The molecule has 24 heavy (non-hydrogen) atoms. The zero-order valence-corrected chi connectivity index (χ0v) is 15.3. The number of aryl methyl sites for hydroxylation is 4. The minimum absolute atomic E-state index is 0.742. The maximum absolute atomic E-state index is 4.83. The Hall–Kier alpha value is -2.30. The number of benzene rings is 1. The molecule has 0 fully saturated rings. The van der Waals surface area contributed by atoms with Gasteiger partial charge in [0.25, 0.3) is 0 Å². The summed E-state index contributed by atoms with van der Waals surface area (Å²) in [5.41, 5.74) is 7.80. The first kappa shape index (κ1) is 16.6. The van der Waals surface area contributed by atoms with Gasteiger partial charge in [0, 0.05) is 43.2 Å². The number of anilines is 2. The smallest absolute Gasteiger partial charge is 0.158 e. The number of hydrogen-bond donors (Lipinski definition) is 0. The predicted octanol–water partition coefficient (Wildman–Crippen LogP) is 3.60. The van der Waals surface area contributed by atoms with Crippen LogP contribution in [0.15, 0.2) is 17.3 Å². The van der Waals surface area contributed by atoms with Crippen LogP contribution < -0.4 is 4.90 Å². The lowest BCUT2D eigenvalue weighted by molar-refractivity contribution is 0.214. The van der Waals surface area contributed by atoms with Gasteiger partial charge in [0.2, 0.25) is 0 Å². The number of rotatable bonds is 4. The fraction of sp³-hybridized carbons (Fsp3) is 0.474. The minimum Gasteiger partial charge on any atom is -0.399 e. The van der Waals surface area contributed by atoms with Crippen molar-refractivity contribution in [3.05, 3.63) is 40.1 Å². The zero-order chi connectivity index (χ0) is 17.3. The Morgan fingerprint density at radius 2 is 1.96 bits per heavy atom. The summed E-state index contributed by atoms with van der Waals surface area (Å²) in [6.45, 7) is 7.55. The van der Waals surface area contributed by atoms with E-state index < -0.39 is 0 Å². The quantitative estimate of drug-likeness (QED) is 0.637. The average Bonchev–Trinajstić information content (AvgIpc) is 2.83. The molecule has 0 spiro atoms. The molecule has 1 aliphatic rings. The largest absolute Gasteiger partial charge is 0.399 e. The summed E-state index contributed by atoms with van der Waals surface area (Å²) in [6, 6.07) is 4.51. The molecule has 5 nitrogen and oxygen atoms in total. The molecule has 2 aromatic rings. The maximum Gasteiger partial charge on any atom is 0.158 e. The summed E-state index contributed by atoms with van der Waals surface area (Å²) >= 11 is 0. The van der Waals surface area contributed by atoms with E-state index in [2.05, 4.69) is 43.0 Å². The van der Waals surface area contributed by atoms with Gasteiger partial charge in [-0.15, -0.1) is 0 Å². The summed E-state index contributed by atoms with van der Waals surface area (Å²) in [6.07, 6.45) is 4.75. The number of nitrogens with zero attached hydrogens (tertiary/aromatic N) is 4. The second-order valence-corrected chi connectivity index (χ2v) is 6.55. The Labute approximate surface area is 143 Å². The first-order chi connectivity index (χ1) is 11.5. The van der Waals surface area contributed by atoms with Crippen molar-refractivity contribution < 1.29 is 4.84 Å². The molecule has 0 saturated carbocycles. The van der Waals surface area contributed by atoms with Crippen LogP contribution in [-0.2, 0) is 24.7 Å². The lowest BCUT2D eigenvalue weighted by Gasteiger charge is -2.30. The fourth-order valence-electron chi connectivity index (χ4n) is 3.85. The van der Waals surface area contributed by atoms with Crippen molar-refractivity contribution in [3.63, 3.8) is 0 Å². The highest BCUT2D eigenvalue weighted by molar-refractivity contribution is 5.72. The van der Waals surface area contributed by atoms with Crippen LogP contribution in [0.5, 0.6) is 0 Å². The molecule has 0 N–H and O–H groups in total. The van der Waals surface area contributed by atoms with Gasteiger partial charge < -0.3 is 9.74 Å². The Morgan fingerprint density at radius 1 is 1.25 bits per heavy atom. The molecule has 0 atom stereocenters. The van der Waals surface area contributed by atoms with E-state index in [9.17, 15) is 0 Å². The van der Waals surface area contributed by atoms with Crippen molar-refractivity contribution >= 4 is 17.7 Å². The van der Waals surface area contributed by atoms with Crippen LogP contribution >= 0.6 is 0 Å². The molecule has 3 rings (SSSR count). The molecule has 1 aromatic carbocycles. The number of fused-ring (bicyclic) bond motifs is 1. The number of aromatic nitrogens is 2. The highest BCUT2D eigenvalue weighted by atomic mass is 16.6. The van der Waals surface area contributed by atoms with Gasteiger partial charge in [-0.1, -0.05) is 22.9 Å². The fourth-order valence-corrected chi connectivity index (χ4v) is 3.85. The summed E-state index contributed by atoms with van der Waals surface area (Å²) in [4.78, 5) is 7.18. The van der Waals surface area contributed by atoms with Gasteiger partial charge >= 0.3 is 0 Å². The van der Waals surface area contributed by atoms with Gasteiger partial charge in [0.15, 0.2) is 5.82 Å². The van der Waals surface area contributed by atoms with Crippen LogP contribution in [0.25, 0.3) is 0 Å². The molecule has 0 aliphatic carbocycles. The molecule has 0 radical (unpaired) electrons. The van der Waals surface area contributed by atoms with Crippen LogP contribution in [-0.4, -0.2) is 29.6 Å². The number of oxime groups is 1. The predicted molar refractivity (Wildman–Crippen MR) is 98.4 cm³/mol. The summed E-state index contributed by atoms with van der Waals surface area (Å²) in [5, 5.41) is 8.70. The molecule has 1 aromatic heterocycles. The van der Waals surface area contributed by atoms with Crippen LogP contribution in [0.4, 0.5) is 11.5 Å². The Kier molecular flexibility index (Phi) is 4.60. The normalized spacial score (nSPS) is 14.3. The second kappa shape index (κ2) is 6.67. The third-order valence-electron chi connectivity index (χ3n) is 4.69. The highest BCUT2D eigenvalue weighted by Gasteiger charge is 2.27. The molecular formula is C19H26N4O. The molecule has 5 heteroatoms. The highest BCUT2D eigenvalue weighted by Crippen LogP contribution is 2.38. The van der Waals surface area contributed by atoms with Gasteiger partial charge in [-0.25, -0.2) is 0 Å². The Bertz CT molecular complexity index is 753. The molecule has 0 amide bonds. The van der Waals surface area contributed by atoms with Crippen LogP contribution in [0.2, 0.25) is 0 Å². The van der Waals surface area contributed by atoms with Crippen molar-refractivity contribution in [2.24, 2.45) is 12.2 Å². The Balaban J connectivity index is 2.04. The monoisotopic (exact) mass is 326 g/mol. The molecule has 0 bridgehead atoms. The third kappa shape index (κ3) is 2.90. The van der Waals surface area contributed by atoms with E-state index in [0.717, 1.165) is 31.6 Å². The molecule has 2 heterocycles. The third-order valence-corrected chi connectivity index (χ3v) is 4.69. The molecule has 0 unspecified atom stereocenters. The van der Waals surface area contributed by atoms with Gasteiger partial charge in [-0.3, -0.25) is 4.68 Å². The van der Waals surface area contributed by atoms with E-state index in [4.69, 9.17) is 9.94 Å². The SMILES string of the molecule is CON=CCc1c2c(nn1C)N(c1c(C)cc(C)cc1C)CCC2. The van der Waals surface area contributed by atoms with E-state index in [1.807, 2.05) is 11.7 Å². The van der Waals surface area contributed by atoms with Crippen LogP contribution in [0, 0.1) is 20.8 Å². The summed E-state index contributed by atoms with van der Waals surface area (Å²) < 4.78 is 1.99. The van der Waals surface area contributed by atoms with E-state index in [-0.39, 0.29) is 0 Å². The first-order valence-corrected chi connectivity index (χ1v) is 8.48. The first-order valence-electron chi connectivity index (χ1n) is 8.48. The molecule has 1 aliphatic heterocycles. The van der Waals surface area contributed by atoms with E-state index in [1.54, 1.807) is 13.3 Å². The molecule has 128 valence electrons. The van der Waals surface area contributed by atoms with Gasteiger partial charge in [0.1, 0.15) is 7.11 Å². The van der Waals surface area contributed by atoms with E-state index in [0.29, 0.717) is 0 Å². The standard InChI is InChI=1S/C19H26N4O/c1-13-11-14(2)18(15(3)12-13)23-10-6-7-16-17(8-9-20-24-5)22(4)21-19(16)23/h9,11-12H,6-8,10H2,1-5H3. The zero-order valence-electron chi connectivity index (χ0n) is 15.3.